The van der Waals surface area contributed by atoms with Crippen LogP contribution in [-0.2, 0) is 0 Å². The molecule has 1 aromatic rings. The standard InChI is InChI=1S/C16H24FN/c1-12-14(17)7-4-8-15(12)18-13-6-5-10-16(2,3)11-9-13/h4,7-8,13,18H,5-6,9-11H2,1-3H3. The summed E-state index contributed by atoms with van der Waals surface area (Å²) in [5.74, 6) is -0.117. The minimum Gasteiger partial charge on any atom is -0.382 e. The number of benzene rings is 1. The molecule has 1 unspecified atom stereocenters. The van der Waals surface area contributed by atoms with Crippen molar-refractivity contribution in [1.82, 2.24) is 0 Å². The van der Waals surface area contributed by atoms with E-state index >= 15 is 0 Å². The molecule has 0 saturated heterocycles. The molecule has 0 spiro atoms. The van der Waals surface area contributed by atoms with Crippen molar-refractivity contribution >= 4 is 5.69 Å². The van der Waals surface area contributed by atoms with Crippen molar-refractivity contribution < 1.29 is 4.39 Å². The van der Waals surface area contributed by atoms with E-state index in [1.807, 2.05) is 13.0 Å². The van der Waals surface area contributed by atoms with E-state index in [0.29, 0.717) is 11.5 Å². The van der Waals surface area contributed by atoms with Crippen molar-refractivity contribution in [2.45, 2.75) is 58.9 Å². The second-order valence-corrected chi connectivity index (χ2v) is 6.35. The maximum Gasteiger partial charge on any atom is 0.128 e. The first kappa shape index (κ1) is 13.4. The van der Waals surface area contributed by atoms with Crippen LogP contribution in [0.1, 0.15) is 51.5 Å². The zero-order valence-electron chi connectivity index (χ0n) is 11.7. The van der Waals surface area contributed by atoms with Crippen LogP contribution < -0.4 is 5.32 Å². The van der Waals surface area contributed by atoms with Gasteiger partial charge in [0, 0.05) is 17.3 Å². The number of hydrogen-bond donors (Lipinski definition) is 1. The van der Waals surface area contributed by atoms with Crippen LogP contribution in [0.4, 0.5) is 10.1 Å². The quantitative estimate of drug-likeness (QED) is 0.735. The lowest BCUT2D eigenvalue weighted by Crippen LogP contribution is -2.20. The summed E-state index contributed by atoms with van der Waals surface area (Å²) < 4.78 is 13.5. The summed E-state index contributed by atoms with van der Waals surface area (Å²) in [7, 11) is 0. The zero-order valence-corrected chi connectivity index (χ0v) is 11.7. The topological polar surface area (TPSA) is 12.0 Å². The number of anilines is 1. The summed E-state index contributed by atoms with van der Waals surface area (Å²) in [6.07, 6.45) is 6.19. The molecule has 100 valence electrons. The Balaban J connectivity index is 2.03. The van der Waals surface area contributed by atoms with Gasteiger partial charge < -0.3 is 5.32 Å². The highest BCUT2D eigenvalue weighted by atomic mass is 19.1. The van der Waals surface area contributed by atoms with Gasteiger partial charge in [0.1, 0.15) is 5.82 Å². The molecular formula is C16H24FN. The average Bonchev–Trinajstić information content (AvgIpc) is 2.47. The Morgan fingerprint density at radius 3 is 2.78 bits per heavy atom. The highest BCUT2D eigenvalue weighted by Gasteiger charge is 2.24. The first-order valence-corrected chi connectivity index (χ1v) is 7.00. The zero-order chi connectivity index (χ0) is 13.2. The molecule has 1 saturated carbocycles. The van der Waals surface area contributed by atoms with Crippen LogP contribution in [0.25, 0.3) is 0 Å². The van der Waals surface area contributed by atoms with Crippen LogP contribution in [0.3, 0.4) is 0 Å². The number of rotatable bonds is 2. The van der Waals surface area contributed by atoms with Gasteiger partial charge in [-0.3, -0.25) is 0 Å². The molecule has 0 bridgehead atoms. The second kappa shape index (κ2) is 5.29. The van der Waals surface area contributed by atoms with E-state index in [1.165, 1.54) is 38.2 Å². The predicted octanol–water partition coefficient (Wildman–Crippen LogP) is 4.90. The summed E-state index contributed by atoms with van der Waals surface area (Å²) in [6, 6.07) is 5.78. The van der Waals surface area contributed by atoms with E-state index in [2.05, 4.69) is 19.2 Å². The Morgan fingerprint density at radius 1 is 1.22 bits per heavy atom. The largest absolute Gasteiger partial charge is 0.382 e. The van der Waals surface area contributed by atoms with E-state index < -0.39 is 0 Å². The SMILES string of the molecule is Cc1c(F)cccc1NC1CCCC(C)(C)CC1. The van der Waals surface area contributed by atoms with E-state index in [4.69, 9.17) is 0 Å². The second-order valence-electron chi connectivity index (χ2n) is 6.35. The highest BCUT2D eigenvalue weighted by Crippen LogP contribution is 2.35. The lowest BCUT2D eigenvalue weighted by molar-refractivity contribution is 0.313. The number of nitrogens with one attached hydrogen (secondary N) is 1. The van der Waals surface area contributed by atoms with Gasteiger partial charge in [0.2, 0.25) is 0 Å². The maximum atomic E-state index is 13.5. The van der Waals surface area contributed by atoms with Gasteiger partial charge in [-0.1, -0.05) is 26.3 Å². The van der Waals surface area contributed by atoms with Crippen LogP contribution in [0.5, 0.6) is 0 Å². The molecule has 0 aliphatic heterocycles. The molecule has 18 heavy (non-hydrogen) atoms. The van der Waals surface area contributed by atoms with E-state index in [0.717, 1.165) is 11.3 Å². The van der Waals surface area contributed by atoms with Crippen LogP contribution >= 0.6 is 0 Å². The van der Waals surface area contributed by atoms with Crippen molar-refractivity contribution in [2.75, 3.05) is 5.32 Å². The fraction of sp³-hybridized carbons (Fsp3) is 0.625. The van der Waals surface area contributed by atoms with E-state index in [1.54, 1.807) is 6.07 Å². The van der Waals surface area contributed by atoms with Crippen LogP contribution in [0.15, 0.2) is 18.2 Å². The summed E-state index contributed by atoms with van der Waals surface area (Å²) in [5, 5.41) is 3.53. The van der Waals surface area contributed by atoms with Crippen molar-refractivity contribution in [3.05, 3.63) is 29.6 Å². The molecular weight excluding hydrogens is 225 g/mol. The summed E-state index contributed by atoms with van der Waals surface area (Å²) in [6.45, 7) is 6.55. The van der Waals surface area contributed by atoms with Gasteiger partial charge >= 0.3 is 0 Å². The normalized spacial score (nSPS) is 23.4. The molecule has 1 aliphatic rings. The van der Waals surface area contributed by atoms with E-state index in [-0.39, 0.29) is 5.82 Å². The minimum absolute atomic E-state index is 0.117. The molecule has 1 aromatic carbocycles. The Labute approximate surface area is 110 Å². The van der Waals surface area contributed by atoms with Gasteiger partial charge in [-0.05, 0) is 50.2 Å². The molecule has 1 atom stereocenters. The molecule has 0 aromatic heterocycles. The van der Waals surface area contributed by atoms with Gasteiger partial charge in [0.15, 0.2) is 0 Å². The molecule has 0 heterocycles. The van der Waals surface area contributed by atoms with Gasteiger partial charge in [-0.25, -0.2) is 4.39 Å². The smallest absolute Gasteiger partial charge is 0.128 e. The fourth-order valence-electron chi connectivity index (χ4n) is 2.79. The predicted molar refractivity (Wildman–Crippen MR) is 75.4 cm³/mol. The maximum absolute atomic E-state index is 13.5. The molecule has 1 nitrogen and oxygen atoms in total. The van der Waals surface area contributed by atoms with Crippen molar-refractivity contribution in [3.63, 3.8) is 0 Å². The van der Waals surface area contributed by atoms with Crippen LogP contribution in [0, 0.1) is 18.2 Å². The third kappa shape index (κ3) is 3.24. The van der Waals surface area contributed by atoms with Crippen molar-refractivity contribution in [3.8, 4) is 0 Å². The van der Waals surface area contributed by atoms with E-state index in [9.17, 15) is 4.39 Å². The van der Waals surface area contributed by atoms with Gasteiger partial charge in [0.05, 0.1) is 0 Å². The van der Waals surface area contributed by atoms with Crippen molar-refractivity contribution in [1.29, 1.82) is 0 Å². The molecule has 2 rings (SSSR count). The van der Waals surface area contributed by atoms with Crippen LogP contribution in [-0.4, -0.2) is 6.04 Å². The summed E-state index contributed by atoms with van der Waals surface area (Å²) in [4.78, 5) is 0. The van der Waals surface area contributed by atoms with Gasteiger partial charge in [0.25, 0.3) is 0 Å². The minimum atomic E-state index is -0.117. The molecule has 0 amide bonds. The summed E-state index contributed by atoms with van der Waals surface area (Å²) >= 11 is 0. The molecule has 1 N–H and O–H groups in total. The third-order valence-corrected chi connectivity index (χ3v) is 4.20. The molecule has 2 heteroatoms. The van der Waals surface area contributed by atoms with Crippen molar-refractivity contribution in [2.24, 2.45) is 5.41 Å². The van der Waals surface area contributed by atoms with Gasteiger partial charge in [-0.2, -0.15) is 0 Å². The Kier molecular flexibility index (Phi) is 3.94. The monoisotopic (exact) mass is 249 g/mol. The van der Waals surface area contributed by atoms with Crippen LogP contribution in [0.2, 0.25) is 0 Å². The first-order valence-electron chi connectivity index (χ1n) is 7.00. The van der Waals surface area contributed by atoms with Gasteiger partial charge in [-0.15, -0.1) is 0 Å². The average molecular weight is 249 g/mol. The first-order chi connectivity index (χ1) is 8.48. The molecule has 0 radical (unpaired) electrons. The highest BCUT2D eigenvalue weighted by molar-refractivity contribution is 5.51. The number of hydrogen-bond acceptors (Lipinski definition) is 1. The third-order valence-electron chi connectivity index (χ3n) is 4.20. The Bertz CT molecular complexity index is 412. The summed E-state index contributed by atoms with van der Waals surface area (Å²) in [5.41, 5.74) is 2.16. The lowest BCUT2D eigenvalue weighted by Gasteiger charge is -2.23. The Hall–Kier alpha value is -1.05. The molecule has 1 fully saturated rings. The number of halogens is 1. The lowest BCUT2D eigenvalue weighted by atomic mass is 9.85. The Morgan fingerprint density at radius 2 is 2.00 bits per heavy atom. The molecule has 1 aliphatic carbocycles. The fourth-order valence-corrected chi connectivity index (χ4v) is 2.79.